The molecule has 1 spiro atoms. The van der Waals surface area contributed by atoms with Crippen LogP contribution >= 0.6 is 11.8 Å². The summed E-state index contributed by atoms with van der Waals surface area (Å²) in [6, 6.07) is 0.0363. The third-order valence-electron chi connectivity index (χ3n) is 4.55. The first kappa shape index (κ1) is 16.6. The molecule has 3 rings (SSSR count). The Morgan fingerprint density at radius 3 is 3.09 bits per heavy atom. The average Bonchev–Trinajstić information content (AvgIpc) is 3.06. The molecule has 2 aliphatic heterocycles. The molecule has 2 fully saturated rings. The molecule has 0 saturated carbocycles. The Labute approximate surface area is 141 Å². The van der Waals surface area contributed by atoms with Crippen LogP contribution in [0.2, 0.25) is 0 Å². The van der Waals surface area contributed by atoms with E-state index in [9.17, 15) is 4.79 Å². The van der Waals surface area contributed by atoms with Crippen molar-refractivity contribution < 1.29 is 9.53 Å². The molecule has 2 atom stereocenters. The second kappa shape index (κ2) is 6.73. The average molecular weight is 338 g/mol. The maximum Gasteiger partial charge on any atom is 0.319 e. The van der Waals surface area contributed by atoms with Crippen molar-refractivity contribution in [1.82, 2.24) is 15.1 Å². The van der Waals surface area contributed by atoms with Crippen LogP contribution in [-0.2, 0) is 11.8 Å². The highest BCUT2D eigenvalue weighted by Crippen LogP contribution is 2.38. The Kier molecular flexibility index (Phi) is 4.87. The predicted octanol–water partition coefficient (Wildman–Crippen LogP) is 2.72. The minimum Gasteiger partial charge on any atom is -0.374 e. The predicted molar refractivity (Wildman–Crippen MR) is 93.1 cm³/mol. The molecule has 0 bridgehead atoms. The van der Waals surface area contributed by atoms with Crippen LogP contribution in [0.25, 0.3) is 0 Å². The van der Waals surface area contributed by atoms with E-state index in [2.05, 4.69) is 29.6 Å². The molecule has 0 unspecified atom stereocenters. The van der Waals surface area contributed by atoms with Crippen LogP contribution in [0.3, 0.4) is 0 Å². The van der Waals surface area contributed by atoms with Crippen molar-refractivity contribution in [1.29, 1.82) is 0 Å². The number of carbonyl (C=O) groups is 1. The lowest BCUT2D eigenvalue weighted by Gasteiger charge is -2.37. The van der Waals surface area contributed by atoms with Gasteiger partial charge < -0.3 is 15.4 Å². The zero-order valence-electron chi connectivity index (χ0n) is 14.1. The Morgan fingerprint density at radius 2 is 2.39 bits per heavy atom. The molecule has 2 amide bonds. The molecule has 3 heterocycles. The number of thioether (sulfide) groups is 1. The number of anilines is 1. The highest BCUT2D eigenvalue weighted by molar-refractivity contribution is 7.99. The highest BCUT2D eigenvalue weighted by Gasteiger charge is 2.40. The first-order valence-corrected chi connectivity index (χ1v) is 9.46. The number of ether oxygens (including phenoxy) is 1. The van der Waals surface area contributed by atoms with Gasteiger partial charge in [0.15, 0.2) is 0 Å². The Balaban J connectivity index is 1.59. The lowest BCUT2D eigenvalue weighted by Crippen LogP contribution is -2.49. The van der Waals surface area contributed by atoms with Crippen LogP contribution in [0.15, 0.2) is 6.20 Å². The third-order valence-corrected chi connectivity index (χ3v) is 5.77. The minimum absolute atomic E-state index is 0.0156. The number of hydrogen-bond donors (Lipinski definition) is 2. The Hall–Kier alpha value is -1.21. The van der Waals surface area contributed by atoms with E-state index in [0.717, 1.165) is 48.8 Å². The Bertz CT molecular complexity index is 566. The summed E-state index contributed by atoms with van der Waals surface area (Å²) in [6.45, 7) is 4.88. The fraction of sp³-hybridized carbons (Fsp3) is 0.750. The van der Waals surface area contributed by atoms with Crippen molar-refractivity contribution in [3.8, 4) is 0 Å². The normalized spacial score (nSPS) is 27.6. The highest BCUT2D eigenvalue weighted by atomic mass is 32.2. The van der Waals surface area contributed by atoms with E-state index in [1.807, 2.05) is 25.0 Å². The number of hydrogen-bond acceptors (Lipinski definition) is 4. The number of aryl methyl sites for hydroxylation is 1. The first-order chi connectivity index (χ1) is 11.0. The zero-order chi connectivity index (χ0) is 16.4. The van der Waals surface area contributed by atoms with Crippen molar-refractivity contribution in [2.75, 3.05) is 23.4 Å². The fourth-order valence-electron chi connectivity index (χ4n) is 3.39. The van der Waals surface area contributed by atoms with E-state index in [0.29, 0.717) is 0 Å². The molecular weight excluding hydrogens is 312 g/mol. The number of nitrogens with one attached hydrogen (secondary N) is 2. The van der Waals surface area contributed by atoms with E-state index < -0.39 is 0 Å². The molecule has 1 aromatic rings. The summed E-state index contributed by atoms with van der Waals surface area (Å²) < 4.78 is 7.74. The van der Waals surface area contributed by atoms with Gasteiger partial charge in [-0.15, -0.1) is 0 Å². The van der Waals surface area contributed by atoms with Gasteiger partial charge in [-0.1, -0.05) is 13.8 Å². The second-order valence-corrected chi connectivity index (χ2v) is 7.98. The zero-order valence-corrected chi connectivity index (χ0v) is 14.9. The van der Waals surface area contributed by atoms with E-state index in [4.69, 9.17) is 4.74 Å². The molecule has 2 aliphatic rings. The lowest BCUT2D eigenvalue weighted by molar-refractivity contribution is -0.0682. The SMILES string of the molecule is CC(C)c1nn(C)cc1NC(=O)N[C@@H]1CCO[C@@]2(CCSC2)C1. The second-order valence-electron chi connectivity index (χ2n) is 6.88. The molecule has 0 aliphatic carbocycles. The lowest BCUT2D eigenvalue weighted by atomic mass is 9.90. The van der Waals surface area contributed by atoms with Gasteiger partial charge in [0, 0.05) is 31.6 Å². The van der Waals surface area contributed by atoms with Crippen molar-refractivity contribution in [3.63, 3.8) is 0 Å². The van der Waals surface area contributed by atoms with Gasteiger partial charge in [0.1, 0.15) is 0 Å². The monoisotopic (exact) mass is 338 g/mol. The summed E-state index contributed by atoms with van der Waals surface area (Å²) in [4.78, 5) is 12.4. The summed E-state index contributed by atoms with van der Waals surface area (Å²) in [5.74, 6) is 2.48. The van der Waals surface area contributed by atoms with Crippen LogP contribution < -0.4 is 10.6 Å². The summed E-state index contributed by atoms with van der Waals surface area (Å²) in [5.41, 5.74) is 1.69. The summed E-state index contributed by atoms with van der Waals surface area (Å²) >= 11 is 1.95. The molecule has 7 heteroatoms. The fourth-order valence-corrected chi connectivity index (χ4v) is 4.76. The maximum absolute atomic E-state index is 12.4. The van der Waals surface area contributed by atoms with Crippen molar-refractivity contribution in [3.05, 3.63) is 11.9 Å². The number of carbonyl (C=O) groups excluding carboxylic acids is 1. The van der Waals surface area contributed by atoms with Gasteiger partial charge in [0.2, 0.25) is 0 Å². The molecule has 1 aromatic heterocycles. The van der Waals surface area contributed by atoms with E-state index in [1.165, 1.54) is 0 Å². The van der Waals surface area contributed by atoms with Crippen LogP contribution in [0.4, 0.5) is 10.5 Å². The van der Waals surface area contributed by atoms with Crippen LogP contribution in [-0.4, -0.2) is 45.6 Å². The number of urea groups is 1. The number of aromatic nitrogens is 2. The van der Waals surface area contributed by atoms with Gasteiger partial charge >= 0.3 is 6.03 Å². The molecule has 128 valence electrons. The van der Waals surface area contributed by atoms with E-state index in [-0.39, 0.29) is 23.6 Å². The smallest absolute Gasteiger partial charge is 0.319 e. The summed E-state index contributed by atoms with van der Waals surface area (Å²) in [5, 5.41) is 10.5. The summed E-state index contributed by atoms with van der Waals surface area (Å²) in [6.07, 6.45) is 4.74. The maximum atomic E-state index is 12.4. The van der Waals surface area contributed by atoms with Gasteiger partial charge in [0.05, 0.1) is 17.0 Å². The first-order valence-electron chi connectivity index (χ1n) is 8.30. The van der Waals surface area contributed by atoms with E-state index in [1.54, 1.807) is 4.68 Å². The molecule has 23 heavy (non-hydrogen) atoms. The van der Waals surface area contributed by atoms with Crippen LogP contribution in [0.5, 0.6) is 0 Å². The van der Waals surface area contributed by atoms with Gasteiger partial charge in [0.25, 0.3) is 0 Å². The Morgan fingerprint density at radius 1 is 1.57 bits per heavy atom. The van der Waals surface area contributed by atoms with Crippen molar-refractivity contribution >= 4 is 23.5 Å². The quantitative estimate of drug-likeness (QED) is 0.889. The van der Waals surface area contributed by atoms with Crippen molar-refractivity contribution in [2.45, 2.75) is 50.7 Å². The molecule has 6 nitrogen and oxygen atoms in total. The summed E-state index contributed by atoms with van der Waals surface area (Å²) in [7, 11) is 1.87. The number of rotatable bonds is 3. The minimum atomic E-state index is -0.146. The van der Waals surface area contributed by atoms with Crippen molar-refractivity contribution in [2.24, 2.45) is 7.05 Å². The third kappa shape index (κ3) is 3.83. The van der Waals surface area contributed by atoms with Crippen LogP contribution in [0, 0.1) is 0 Å². The molecule has 2 saturated heterocycles. The standard InChI is InChI=1S/C16H26N4O2S/c1-11(2)14-13(9-20(3)19-14)18-15(21)17-12-4-6-22-16(8-12)5-7-23-10-16/h9,11-12H,4-8,10H2,1-3H3,(H2,17,18,21)/t12-,16+/m1/s1. The molecule has 0 radical (unpaired) electrons. The van der Waals surface area contributed by atoms with Gasteiger partial charge in [-0.3, -0.25) is 4.68 Å². The molecule has 0 aromatic carbocycles. The van der Waals surface area contributed by atoms with Crippen LogP contribution in [0.1, 0.15) is 44.7 Å². The number of nitrogens with zero attached hydrogens (tertiary/aromatic N) is 2. The van der Waals surface area contributed by atoms with Gasteiger partial charge in [-0.05, 0) is 30.9 Å². The van der Waals surface area contributed by atoms with E-state index >= 15 is 0 Å². The van der Waals surface area contributed by atoms with Gasteiger partial charge in [-0.2, -0.15) is 16.9 Å². The topological polar surface area (TPSA) is 68.2 Å². The largest absolute Gasteiger partial charge is 0.374 e. The van der Waals surface area contributed by atoms with Gasteiger partial charge in [-0.25, -0.2) is 4.79 Å². The molecular formula is C16H26N4O2S. The number of amides is 2. The molecule has 2 N–H and O–H groups in total.